The molecule has 1 aliphatic heterocycles. The fourth-order valence-corrected chi connectivity index (χ4v) is 3.45. The molecule has 0 aromatic heterocycles. The first-order valence-electron chi connectivity index (χ1n) is 10.1. The first kappa shape index (κ1) is 19.4. The van der Waals surface area contributed by atoms with Crippen molar-refractivity contribution in [3.63, 3.8) is 0 Å². The van der Waals surface area contributed by atoms with Gasteiger partial charge in [0.2, 0.25) is 5.91 Å². The maximum atomic E-state index is 12.1. The Morgan fingerprint density at radius 1 is 1.00 bits per heavy atom. The number of nitrogens with zero attached hydrogens (tertiary/aromatic N) is 1. The zero-order chi connectivity index (χ0) is 18.9. The van der Waals surface area contributed by atoms with E-state index in [0.717, 1.165) is 37.7 Å². The van der Waals surface area contributed by atoms with Crippen LogP contribution in [-0.4, -0.2) is 32.1 Å². The predicted molar refractivity (Wildman–Crippen MR) is 113 cm³/mol. The van der Waals surface area contributed by atoms with Gasteiger partial charge in [-0.1, -0.05) is 37.3 Å². The van der Waals surface area contributed by atoms with Gasteiger partial charge < -0.3 is 15.5 Å². The standard InChI is InChI=1S/C23H31N3O/c1-19-13-17-26(18-14-19)22-9-7-21(8-10-22)25-23(27)12-16-24-15-11-20-5-3-2-4-6-20/h2-10,19,24H,11-18H2,1H3,(H,25,27). The van der Waals surface area contributed by atoms with Crippen LogP contribution in [0, 0.1) is 5.92 Å². The van der Waals surface area contributed by atoms with E-state index >= 15 is 0 Å². The first-order valence-corrected chi connectivity index (χ1v) is 10.1. The zero-order valence-corrected chi connectivity index (χ0v) is 16.3. The Kier molecular flexibility index (Phi) is 7.28. The molecular weight excluding hydrogens is 334 g/mol. The molecule has 1 amide bonds. The van der Waals surface area contributed by atoms with Crippen LogP contribution in [0.15, 0.2) is 54.6 Å². The minimum Gasteiger partial charge on any atom is -0.372 e. The van der Waals surface area contributed by atoms with E-state index in [1.165, 1.54) is 24.1 Å². The van der Waals surface area contributed by atoms with E-state index in [4.69, 9.17) is 0 Å². The molecule has 0 unspecified atom stereocenters. The lowest BCUT2D eigenvalue weighted by atomic mass is 9.99. The van der Waals surface area contributed by atoms with Gasteiger partial charge in [0.25, 0.3) is 0 Å². The summed E-state index contributed by atoms with van der Waals surface area (Å²) >= 11 is 0. The molecule has 4 heteroatoms. The number of nitrogens with one attached hydrogen (secondary N) is 2. The summed E-state index contributed by atoms with van der Waals surface area (Å²) in [5.41, 5.74) is 3.44. The second-order valence-corrected chi connectivity index (χ2v) is 7.50. The second kappa shape index (κ2) is 10.1. The van der Waals surface area contributed by atoms with E-state index in [-0.39, 0.29) is 5.91 Å². The van der Waals surface area contributed by atoms with Crippen molar-refractivity contribution in [1.29, 1.82) is 0 Å². The maximum Gasteiger partial charge on any atom is 0.225 e. The van der Waals surface area contributed by atoms with Crippen LogP contribution in [0.5, 0.6) is 0 Å². The molecule has 1 fully saturated rings. The topological polar surface area (TPSA) is 44.4 Å². The van der Waals surface area contributed by atoms with E-state index in [2.05, 4.69) is 58.9 Å². The van der Waals surface area contributed by atoms with E-state index < -0.39 is 0 Å². The Hall–Kier alpha value is -2.33. The molecule has 0 bridgehead atoms. The van der Waals surface area contributed by atoms with Crippen molar-refractivity contribution >= 4 is 17.3 Å². The fourth-order valence-electron chi connectivity index (χ4n) is 3.45. The van der Waals surface area contributed by atoms with Gasteiger partial charge in [0.05, 0.1) is 0 Å². The molecule has 0 radical (unpaired) electrons. The molecular formula is C23H31N3O. The van der Waals surface area contributed by atoms with Gasteiger partial charge in [-0.05, 0) is 61.6 Å². The summed E-state index contributed by atoms with van der Waals surface area (Å²) in [4.78, 5) is 14.5. The van der Waals surface area contributed by atoms with Gasteiger partial charge in [0.15, 0.2) is 0 Å². The summed E-state index contributed by atoms with van der Waals surface area (Å²) in [6, 6.07) is 18.6. The third-order valence-electron chi connectivity index (χ3n) is 5.26. The van der Waals surface area contributed by atoms with Crippen LogP contribution in [0.2, 0.25) is 0 Å². The quantitative estimate of drug-likeness (QED) is 0.693. The minimum absolute atomic E-state index is 0.0572. The first-order chi connectivity index (χ1) is 13.2. The van der Waals surface area contributed by atoms with Crippen molar-refractivity contribution in [2.45, 2.75) is 32.6 Å². The molecule has 0 spiro atoms. The van der Waals surface area contributed by atoms with Gasteiger partial charge in [-0.15, -0.1) is 0 Å². The zero-order valence-electron chi connectivity index (χ0n) is 16.3. The SMILES string of the molecule is CC1CCN(c2ccc(NC(=O)CCNCCc3ccccc3)cc2)CC1. The molecule has 144 valence electrons. The molecule has 2 aromatic carbocycles. The normalized spacial score (nSPS) is 14.9. The fraction of sp³-hybridized carbons (Fsp3) is 0.435. The van der Waals surface area contributed by atoms with Gasteiger partial charge in [-0.3, -0.25) is 4.79 Å². The van der Waals surface area contributed by atoms with Crippen molar-refractivity contribution < 1.29 is 4.79 Å². The molecule has 3 rings (SSSR count). The summed E-state index contributed by atoms with van der Waals surface area (Å²) in [5.74, 6) is 0.892. The third-order valence-corrected chi connectivity index (χ3v) is 5.26. The average Bonchev–Trinajstić information content (AvgIpc) is 2.70. The van der Waals surface area contributed by atoms with E-state index in [1.807, 2.05) is 18.2 Å². The second-order valence-electron chi connectivity index (χ2n) is 7.50. The Labute approximate surface area is 163 Å². The van der Waals surface area contributed by atoms with Crippen molar-refractivity contribution in [2.24, 2.45) is 5.92 Å². The number of anilines is 2. The van der Waals surface area contributed by atoms with Crippen LogP contribution in [-0.2, 0) is 11.2 Å². The number of hydrogen-bond donors (Lipinski definition) is 2. The van der Waals surface area contributed by atoms with Crippen molar-refractivity contribution in [3.8, 4) is 0 Å². The Balaban J connectivity index is 1.34. The van der Waals surface area contributed by atoms with E-state index in [1.54, 1.807) is 0 Å². The van der Waals surface area contributed by atoms with Gasteiger partial charge in [-0.2, -0.15) is 0 Å². The molecule has 0 atom stereocenters. The molecule has 4 nitrogen and oxygen atoms in total. The molecule has 27 heavy (non-hydrogen) atoms. The monoisotopic (exact) mass is 365 g/mol. The van der Waals surface area contributed by atoms with Crippen molar-refractivity contribution in [1.82, 2.24) is 5.32 Å². The van der Waals surface area contributed by atoms with Crippen LogP contribution in [0.25, 0.3) is 0 Å². The van der Waals surface area contributed by atoms with Gasteiger partial charge in [0, 0.05) is 37.4 Å². The summed E-state index contributed by atoms with van der Waals surface area (Å²) in [6.45, 7) is 6.17. The highest BCUT2D eigenvalue weighted by Crippen LogP contribution is 2.24. The van der Waals surface area contributed by atoms with Crippen LogP contribution < -0.4 is 15.5 Å². The predicted octanol–water partition coefficient (Wildman–Crippen LogP) is 4.08. The third kappa shape index (κ3) is 6.40. The number of hydrogen-bond acceptors (Lipinski definition) is 3. The van der Waals surface area contributed by atoms with Gasteiger partial charge in [-0.25, -0.2) is 0 Å². The van der Waals surface area contributed by atoms with Crippen LogP contribution >= 0.6 is 0 Å². The molecule has 1 aliphatic rings. The summed E-state index contributed by atoms with van der Waals surface area (Å²) in [5, 5.41) is 6.33. The largest absolute Gasteiger partial charge is 0.372 e. The number of amides is 1. The van der Waals surface area contributed by atoms with Gasteiger partial charge in [0.1, 0.15) is 0 Å². The van der Waals surface area contributed by atoms with Crippen molar-refractivity contribution in [3.05, 3.63) is 60.2 Å². The Morgan fingerprint density at radius 2 is 1.70 bits per heavy atom. The molecule has 1 heterocycles. The highest BCUT2D eigenvalue weighted by molar-refractivity contribution is 5.91. The maximum absolute atomic E-state index is 12.1. The van der Waals surface area contributed by atoms with Crippen LogP contribution in [0.4, 0.5) is 11.4 Å². The summed E-state index contributed by atoms with van der Waals surface area (Å²) in [6.07, 6.45) is 3.99. The number of carbonyl (C=O) groups excluding carboxylic acids is 1. The number of rotatable bonds is 8. The smallest absolute Gasteiger partial charge is 0.225 e. The van der Waals surface area contributed by atoms with Gasteiger partial charge >= 0.3 is 0 Å². The lowest BCUT2D eigenvalue weighted by Gasteiger charge is -2.32. The highest BCUT2D eigenvalue weighted by Gasteiger charge is 2.15. The van der Waals surface area contributed by atoms with Crippen LogP contribution in [0.1, 0.15) is 31.7 Å². The molecule has 2 N–H and O–H groups in total. The number of piperidine rings is 1. The molecule has 0 aliphatic carbocycles. The molecule has 2 aromatic rings. The lowest BCUT2D eigenvalue weighted by Crippen LogP contribution is -2.32. The molecule has 0 saturated carbocycles. The number of carbonyl (C=O) groups is 1. The average molecular weight is 366 g/mol. The lowest BCUT2D eigenvalue weighted by molar-refractivity contribution is -0.116. The van der Waals surface area contributed by atoms with E-state index in [0.29, 0.717) is 13.0 Å². The minimum atomic E-state index is 0.0572. The highest BCUT2D eigenvalue weighted by atomic mass is 16.1. The van der Waals surface area contributed by atoms with Crippen LogP contribution in [0.3, 0.4) is 0 Å². The Bertz CT molecular complexity index is 691. The number of benzene rings is 2. The van der Waals surface area contributed by atoms with E-state index in [9.17, 15) is 4.79 Å². The van der Waals surface area contributed by atoms with Crippen molar-refractivity contribution in [2.75, 3.05) is 36.4 Å². The Morgan fingerprint density at radius 3 is 2.41 bits per heavy atom. The molecule has 1 saturated heterocycles. The summed E-state index contributed by atoms with van der Waals surface area (Å²) in [7, 11) is 0. The summed E-state index contributed by atoms with van der Waals surface area (Å²) < 4.78 is 0.